The summed E-state index contributed by atoms with van der Waals surface area (Å²) in [6.07, 6.45) is 2.42. The molecule has 2 amide bonds. The summed E-state index contributed by atoms with van der Waals surface area (Å²) in [7, 11) is 1.52. The SMILES string of the molecule is COc1ccc(NC(=O)C(CCSC)NC(=O)c2ccccc2Cl)cc1Cl. The molecule has 2 aromatic carbocycles. The van der Waals surface area contributed by atoms with Crippen LogP contribution in [0.1, 0.15) is 16.8 Å². The first-order valence-electron chi connectivity index (χ1n) is 8.15. The van der Waals surface area contributed by atoms with Crippen LogP contribution in [-0.2, 0) is 4.79 Å². The number of thioether (sulfide) groups is 1. The van der Waals surface area contributed by atoms with Crippen molar-refractivity contribution in [2.75, 3.05) is 24.4 Å². The molecule has 27 heavy (non-hydrogen) atoms. The van der Waals surface area contributed by atoms with Gasteiger partial charge in [0.1, 0.15) is 11.8 Å². The van der Waals surface area contributed by atoms with E-state index in [0.717, 1.165) is 0 Å². The van der Waals surface area contributed by atoms with Gasteiger partial charge in [0.25, 0.3) is 5.91 Å². The van der Waals surface area contributed by atoms with E-state index in [1.165, 1.54) is 7.11 Å². The smallest absolute Gasteiger partial charge is 0.253 e. The highest BCUT2D eigenvalue weighted by Gasteiger charge is 2.22. The van der Waals surface area contributed by atoms with Crippen molar-refractivity contribution >= 4 is 52.5 Å². The minimum absolute atomic E-state index is 0.327. The van der Waals surface area contributed by atoms with Crippen LogP contribution in [0.4, 0.5) is 5.69 Å². The molecule has 0 heterocycles. The molecule has 2 aromatic rings. The summed E-state index contributed by atoms with van der Waals surface area (Å²) in [4.78, 5) is 25.2. The molecule has 2 rings (SSSR count). The van der Waals surface area contributed by atoms with E-state index in [1.807, 2.05) is 6.26 Å². The van der Waals surface area contributed by atoms with Crippen LogP contribution >= 0.6 is 35.0 Å². The number of rotatable bonds is 8. The summed E-state index contributed by atoms with van der Waals surface area (Å²) in [6.45, 7) is 0. The summed E-state index contributed by atoms with van der Waals surface area (Å²) < 4.78 is 5.10. The fourth-order valence-electron chi connectivity index (χ4n) is 2.36. The number of hydrogen-bond acceptors (Lipinski definition) is 4. The first-order valence-corrected chi connectivity index (χ1v) is 10.3. The average Bonchev–Trinajstić information content (AvgIpc) is 2.65. The lowest BCUT2D eigenvalue weighted by Crippen LogP contribution is -2.44. The average molecular weight is 427 g/mol. The van der Waals surface area contributed by atoms with Gasteiger partial charge < -0.3 is 15.4 Å². The van der Waals surface area contributed by atoms with E-state index in [1.54, 1.807) is 54.2 Å². The molecule has 0 aliphatic heterocycles. The minimum atomic E-state index is -0.706. The molecule has 1 atom stereocenters. The second-order valence-corrected chi connectivity index (χ2v) is 7.43. The Morgan fingerprint density at radius 3 is 2.52 bits per heavy atom. The number of carbonyl (C=O) groups excluding carboxylic acids is 2. The summed E-state index contributed by atoms with van der Waals surface area (Å²) >= 11 is 13.8. The van der Waals surface area contributed by atoms with Crippen molar-refractivity contribution < 1.29 is 14.3 Å². The lowest BCUT2D eigenvalue weighted by Gasteiger charge is -2.19. The molecular weight excluding hydrogens is 407 g/mol. The van der Waals surface area contributed by atoms with Crippen molar-refractivity contribution in [3.8, 4) is 5.75 Å². The second kappa shape index (κ2) is 10.4. The second-order valence-electron chi connectivity index (χ2n) is 5.63. The summed E-state index contributed by atoms with van der Waals surface area (Å²) in [6, 6.07) is 10.9. The standard InChI is InChI=1S/C19H20Cl2N2O3S/c1-26-17-8-7-12(11-15(17)21)22-19(25)16(9-10-27-2)23-18(24)13-5-3-4-6-14(13)20/h3-8,11,16H,9-10H2,1-2H3,(H,22,25)(H,23,24). The third kappa shape index (κ3) is 6.06. The predicted molar refractivity (Wildman–Crippen MR) is 112 cm³/mol. The van der Waals surface area contributed by atoms with Crippen LogP contribution in [0.15, 0.2) is 42.5 Å². The van der Waals surface area contributed by atoms with Crippen LogP contribution in [0.25, 0.3) is 0 Å². The van der Waals surface area contributed by atoms with E-state index in [0.29, 0.717) is 39.2 Å². The maximum absolute atomic E-state index is 12.7. The first-order chi connectivity index (χ1) is 13.0. The maximum Gasteiger partial charge on any atom is 0.253 e. The number of ether oxygens (including phenoxy) is 1. The number of halogens is 2. The van der Waals surface area contributed by atoms with Gasteiger partial charge in [0, 0.05) is 5.69 Å². The third-order valence-corrected chi connectivity index (χ3v) is 5.04. The molecule has 0 saturated heterocycles. The predicted octanol–water partition coefficient (Wildman–Crippen LogP) is 4.49. The lowest BCUT2D eigenvalue weighted by molar-refractivity contribution is -0.118. The van der Waals surface area contributed by atoms with Crippen molar-refractivity contribution in [2.45, 2.75) is 12.5 Å². The third-order valence-electron chi connectivity index (χ3n) is 3.77. The van der Waals surface area contributed by atoms with Crippen LogP contribution in [0.2, 0.25) is 10.0 Å². The zero-order valence-corrected chi connectivity index (χ0v) is 17.3. The zero-order valence-electron chi connectivity index (χ0n) is 14.9. The molecule has 0 aliphatic rings. The van der Waals surface area contributed by atoms with Crippen LogP contribution in [0.5, 0.6) is 5.75 Å². The maximum atomic E-state index is 12.7. The molecule has 5 nitrogen and oxygen atoms in total. The fourth-order valence-corrected chi connectivity index (χ4v) is 3.31. The zero-order chi connectivity index (χ0) is 19.8. The number of amides is 2. The fraction of sp³-hybridized carbons (Fsp3) is 0.263. The first kappa shape index (κ1) is 21.4. The molecular formula is C19H20Cl2N2O3S. The highest BCUT2D eigenvalue weighted by atomic mass is 35.5. The van der Waals surface area contributed by atoms with Gasteiger partial charge in [-0.25, -0.2) is 0 Å². The van der Waals surface area contributed by atoms with Gasteiger partial charge in [-0.15, -0.1) is 0 Å². The van der Waals surface area contributed by atoms with Crippen molar-refractivity contribution in [2.24, 2.45) is 0 Å². The number of benzene rings is 2. The Bertz CT molecular complexity index is 817. The van der Waals surface area contributed by atoms with E-state index in [-0.39, 0.29) is 5.91 Å². The van der Waals surface area contributed by atoms with Crippen molar-refractivity contribution in [1.29, 1.82) is 0 Å². The Labute approximate surface area is 172 Å². The molecule has 0 aromatic heterocycles. The van der Waals surface area contributed by atoms with Gasteiger partial charge in [-0.1, -0.05) is 35.3 Å². The Balaban J connectivity index is 2.12. The summed E-state index contributed by atoms with van der Waals surface area (Å²) in [5, 5.41) is 6.26. The van der Waals surface area contributed by atoms with Crippen LogP contribution < -0.4 is 15.4 Å². The molecule has 2 N–H and O–H groups in total. The molecule has 0 aliphatic carbocycles. The molecule has 0 bridgehead atoms. The van der Waals surface area contributed by atoms with Gasteiger partial charge in [-0.05, 0) is 48.8 Å². The van der Waals surface area contributed by atoms with E-state index in [9.17, 15) is 9.59 Å². The largest absolute Gasteiger partial charge is 0.495 e. The van der Waals surface area contributed by atoms with E-state index in [2.05, 4.69) is 10.6 Å². The molecule has 8 heteroatoms. The summed E-state index contributed by atoms with van der Waals surface area (Å²) in [5.74, 6) is 0.505. The minimum Gasteiger partial charge on any atom is -0.495 e. The van der Waals surface area contributed by atoms with Crippen molar-refractivity contribution in [1.82, 2.24) is 5.32 Å². The van der Waals surface area contributed by atoms with Crippen molar-refractivity contribution in [3.05, 3.63) is 58.1 Å². The van der Waals surface area contributed by atoms with Crippen molar-refractivity contribution in [3.63, 3.8) is 0 Å². The summed E-state index contributed by atoms with van der Waals surface area (Å²) in [5.41, 5.74) is 0.848. The molecule has 0 spiro atoms. The molecule has 0 fully saturated rings. The van der Waals surface area contributed by atoms with Gasteiger partial charge >= 0.3 is 0 Å². The van der Waals surface area contributed by atoms with Gasteiger partial charge in [0.05, 0.1) is 22.7 Å². The number of carbonyl (C=O) groups is 2. The number of hydrogen-bond donors (Lipinski definition) is 2. The Hall–Kier alpha value is -1.89. The normalized spacial score (nSPS) is 11.6. The van der Waals surface area contributed by atoms with Gasteiger partial charge in [0.15, 0.2) is 0 Å². The topological polar surface area (TPSA) is 67.4 Å². The van der Waals surface area contributed by atoms with E-state index >= 15 is 0 Å². The number of anilines is 1. The Kier molecular flexibility index (Phi) is 8.28. The number of methoxy groups -OCH3 is 1. The lowest BCUT2D eigenvalue weighted by atomic mass is 10.1. The van der Waals surface area contributed by atoms with Crippen LogP contribution in [-0.4, -0.2) is 37.0 Å². The Morgan fingerprint density at radius 1 is 1.15 bits per heavy atom. The monoisotopic (exact) mass is 426 g/mol. The molecule has 1 unspecified atom stereocenters. The number of nitrogens with one attached hydrogen (secondary N) is 2. The van der Waals surface area contributed by atoms with Gasteiger partial charge in [-0.2, -0.15) is 11.8 Å². The van der Waals surface area contributed by atoms with E-state index < -0.39 is 11.9 Å². The molecule has 0 radical (unpaired) electrons. The highest BCUT2D eigenvalue weighted by Crippen LogP contribution is 2.27. The van der Waals surface area contributed by atoms with Gasteiger partial charge in [0.2, 0.25) is 5.91 Å². The molecule has 0 saturated carbocycles. The Morgan fingerprint density at radius 2 is 1.89 bits per heavy atom. The van der Waals surface area contributed by atoms with Gasteiger partial charge in [-0.3, -0.25) is 9.59 Å². The van der Waals surface area contributed by atoms with Crippen LogP contribution in [0, 0.1) is 0 Å². The van der Waals surface area contributed by atoms with Crippen LogP contribution in [0.3, 0.4) is 0 Å². The molecule has 144 valence electrons. The van der Waals surface area contributed by atoms with E-state index in [4.69, 9.17) is 27.9 Å². The highest BCUT2D eigenvalue weighted by molar-refractivity contribution is 7.98. The quantitative estimate of drug-likeness (QED) is 0.652.